The fourth-order valence-electron chi connectivity index (χ4n) is 3.55. The molecule has 0 amide bonds. The molecule has 2 aromatic rings. The number of aryl methyl sites for hydroxylation is 1. The Hall–Kier alpha value is -2.28. The molecule has 5 nitrogen and oxygen atoms in total. The largest absolute Gasteiger partial charge is 0.358 e. The Balaban J connectivity index is 1.63. The molecule has 1 fully saturated rings. The third-order valence-corrected chi connectivity index (χ3v) is 4.87. The van der Waals surface area contributed by atoms with Crippen molar-refractivity contribution in [2.45, 2.75) is 33.7 Å². The molecular weight excluding hydrogens is 361 g/mol. The first-order chi connectivity index (χ1) is 12.9. The number of hydrogen-bond acceptors (Lipinski definition) is 4. The SMILES string of the molecule is Cc1cc(N2C[C@@H](C)C[C@H](C)C2)nc(NC(=S)NCc2ccc(F)cc2)n1. The van der Waals surface area contributed by atoms with Crippen molar-refractivity contribution in [2.24, 2.45) is 11.8 Å². The van der Waals surface area contributed by atoms with Gasteiger partial charge >= 0.3 is 0 Å². The van der Waals surface area contributed by atoms with Gasteiger partial charge in [-0.2, -0.15) is 4.98 Å². The summed E-state index contributed by atoms with van der Waals surface area (Å²) in [6.07, 6.45) is 1.25. The lowest BCUT2D eigenvalue weighted by molar-refractivity contribution is 0.355. The lowest BCUT2D eigenvalue weighted by Gasteiger charge is -2.36. The second-order valence-corrected chi connectivity index (χ2v) is 7.88. The number of rotatable bonds is 4. The summed E-state index contributed by atoms with van der Waals surface area (Å²) in [5.74, 6) is 2.48. The third kappa shape index (κ3) is 5.60. The van der Waals surface area contributed by atoms with E-state index in [1.54, 1.807) is 12.1 Å². The van der Waals surface area contributed by atoms with Gasteiger partial charge in [-0.05, 0) is 55.1 Å². The Labute approximate surface area is 165 Å². The van der Waals surface area contributed by atoms with Crippen molar-refractivity contribution in [2.75, 3.05) is 23.3 Å². The Morgan fingerprint density at radius 1 is 1.19 bits per heavy atom. The molecule has 144 valence electrons. The Morgan fingerprint density at radius 2 is 1.85 bits per heavy atom. The Kier molecular flexibility index (Phi) is 6.21. The molecule has 1 aromatic carbocycles. The first kappa shape index (κ1) is 19.5. The average molecular weight is 388 g/mol. The van der Waals surface area contributed by atoms with Gasteiger partial charge in [-0.3, -0.25) is 0 Å². The summed E-state index contributed by atoms with van der Waals surface area (Å²) >= 11 is 5.35. The van der Waals surface area contributed by atoms with Crippen LogP contribution in [0.4, 0.5) is 16.2 Å². The van der Waals surface area contributed by atoms with Gasteiger partial charge in [-0.15, -0.1) is 0 Å². The van der Waals surface area contributed by atoms with E-state index in [9.17, 15) is 4.39 Å². The maximum Gasteiger partial charge on any atom is 0.231 e. The van der Waals surface area contributed by atoms with Crippen LogP contribution >= 0.6 is 12.2 Å². The van der Waals surface area contributed by atoms with Crippen molar-refractivity contribution in [1.82, 2.24) is 15.3 Å². The number of anilines is 2. The van der Waals surface area contributed by atoms with E-state index in [4.69, 9.17) is 12.2 Å². The van der Waals surface area contributed by atoms with Crippen LogP contribution in [0, 0.1) is 24.6 Å². The second kappa shape index (κ2) is 8.61. The minimum absolute atomic E-state index is 0.249. The van der Waals surface area contributed by atoms with Gasteiger partial charge in [-0.25, -0.2) is 9.37 Å². The van der Waals surface area contributed by atoms with Crippen LogP contribution in [0.25, 0.3) is 0 Å². The summed E-state index contributed by atoms with van der Waals surface area (Å²) in [5.41, 5.74) is 1.84. The molecule has 0 aliphatic carbocycles. The maximum atomic E-state index is 13.0. The van der Waals surface area contributed by atoms with Crippen molar-refractivity contribution in [1.29, 1.82) is 0 Å². The van der Waals surface area contributed by atoms with E-state index in [1.165, 1.54) is 18.6 Å². The molecule has 0 bridgehead atoms. The highest BCUT2D eigenvalue weighted by atomic mass is 32.1. The second-order valence-electron chi connectivity index (χ2n) is 7.48. The zero-order valence-electron chi connectivity index (χ0n) is 16.0. The number of aromatic nitrogens is 2. The molecule has 3 rings (SSSR count). The van der Waals surface area contributed by atoms with Crippen LogP contribution in [0.15, 0.2) is 30.3 Å². The molecule has 0 spiro atoms. The van der Waals surface area contributed by atoms with Crippen LogP contribution in [0.1, 0.15) is 31.5 Å². The third-order valence-electron chi connectivity index (χ3n) is 4.63. The zero-order valence-corrected chi connectivity index (χ0v) is 16.8. The monoisotopic (exact) mass is 387 g/mol. The summed E-state index contributed by atoms with van der Waals surface area (Å²) in [6, 6.07) is 8.34. The van der Waals surface area contributed by atoms with Gasteiger partial charge in [-0.1, -0.05) is 26.0 Å². The number of thiocarbonyl (C=S) groups is 1. The molecule has 1 aliphatic rings. The summed E-state index contributed by atoms with van der Waals surface area (Å²) < 4.78 is 13.0. The Morgan fingerprint density at radius 3 is 2.52 bits per heavy atom. The van der Waals surface area contributed by atoms with Crippen LogP contribution in [0.3, 0.4) is 0 Å². The lowest BCUT2D eigenvalue weighted by atomic mass is 9.92. The van der Waals surface area contributed by atoms with Crippen molar-refractivity contribution in [3.8, 4) is 0 Å². The minimum atomic E-state index is -0.249. The number of nitrogens with zero attached hydrogens (tertiary/aromatic N) is 3. The minimum Gasteiger partial charge on any atom is -0.358 e. The van der Waals surface area contributed by atoms with Crippen LogP contribution in [0.5, 0.6) is 0 Å². The molecular formula is C20H26FN5S. The zero-order chi connectivity index (χ0) is 19.4. The number of piperidine rings is 1. The summed E-state index contributed by atoms with van der Waals surface area (Å²) in [5, 5.41) is 6.61. The normalized spacial score (nSPS) is 19.6. The highest BCUT2D eigenvalue weighted by Crippen LogP contribution is 2.25. The molecule has 0 unspecified atom stereocenters. The van der Waals surface area contributed by atoms with Gasteiger partial charge in [0.1, 0.15) is 11.6 Å². The van der Waals surface area contributed by atoms with Crippen LogP contribution in [-0.2, 0) is 6.54 Å². The molecule has 2 atom stereocenters. The highest BCUT2D eigenvalue weighted by Gasteiger charge is 2.23. The average Bonchev–Trinajstić information content (AvgIpc) is 2.60. The highest BCUT2D eigenvalue weighted by molar-refractivity contribution is 7.80. The maximum absolute atomic E-state index is 13.0. The van der Waals surface area contributed by atoms with Crippen LogP contribution in [-0.4, -0.2) is 28.2 Å². The molecule has 1 saturated heterocycles. The predicted octanol–water partition coefficient (Wildman–Crippen LogP) is 3.89. The predicted molar refractivity (Wildman–Crippen MR) is 111 cm³/mol. The van der Waals surface area contributed by atoms with E-state index in [0.717, 1.165) is 30.2 Å². The van der Waals surface area contributed by atoms with Gasteiger partial charge in [0.2, 0.25) is 5.95 Å². The quantitative estimate of drug-likeness (QED) is 0.776. The fraction of sp³-hybridized carbons (Fsp3) is 0.450. The molecule has 27 heavy (non-hydrogen) atoms. The first-order valence-electron chi connectivity index (χ1n) is 9.29. The van der Waals surface area contributed by atoms with Crippen molar-refractivity contribution in [3.63, 3.8) is 0 Å². The number of halogens is 1. The smallest absolute Gasteiger partial charge is 0.231 e. The lowest BCUT2D eigenvalue weighted by Crippen LogP contribution is -2.39. The van der Waals surface area contributed by atoms with Crippen LogP contribution < -0.4 is 15.5 Å². The van der Waals surface area contributed by atoms with Crippen molar-refractivity contribution < 1.29 is 4.39 Å². The van der Waals surface area contributed by atoms with Gasteiger partial charge in [0.05, 0.1) is 0 Å². The molecule has 2 N–H and O–H groups in total. The van der Waals surface area contributed by atoms with E-state index < -0.39 is 0 Å². The van der Waals surface area contributed by atoms with Crippen LogP contribution in [0.2, 0.25) is 0 Å². The van der Waals surface area contributed by atoms with Crippen molar-refractivity contribution in [3.05, 3.63) is 47.4 Å². The van der Waals surface area contributed by atoms with Gasteiger partial charge in [0.25, 0.3) is 0 Å². The first-order valence-corrected chi connectivity index (χ1v) is 9.70. The molecule has 0 saturated carbocycles. The summed E-state index contributed by atoms with van der Waals surface area (Å²) in [7, 11) is 0. The number of benzene rings is 1. The number of hydrogen-bond donors (Lipinski definition) is 2. The van der Waals surface area contributed by atoms with E-state index in [2.05, 4.69) is 39.3 Å². The summed E-state index contributed by atoms with van der Waals surface area (Å²) in [6.45, 7) is 9.05. The summed E-state index contributed by atoms with van der Waals surface area (Å²) in [4.78, 5) is 11.4. The molecule has 1 aliphatic heterocycles. The number of nitrogens with one attached hydrogen (secondary N) is 2. The van der Waals surface area contributed by atoms with E-state index in [-0.39, 0.29) is 5.82 Å². The molecule has 2 heterocycles. The van der Waals surface area contributed by atoms with E-state index in [0.29, 0.717) is 29.4 Å². The Bertz CT molecular complexity index is 785. The van der Waals surface area contributed by atoms with Gasteiger partial charge in [0.15, 0.2) is 5.11 Å². The fourth-order valence-corrected chi connectivity index (χ4v) is 3.71. The van der Waals surface area contributed by atoms with Gasteiger partial charge < -0.3 is 15.5 Å². The van der Waals surface area contributed by atoms with E-state index in [1.807, 2.05) is 13.0 Å². The standard InChI is InChI=1S/C20H26FN5S/c1-13-8-14(2)12-26(11-13)18-9-15(3)23-19(24-18)25-20(27)22-10-16-4-6-17(21)7-5-16/h4-7,9,13-14H,8,10-12H2,1-3H3,(H2,22,23,24,25,27)/t13-,14-/m0/s1. The molecule has 7 heteroatoms. The van der Waals surface area contributed by atoms with Crippen molar-refractivity contribution >= 4 is 29.1 Å². The molecule has 1 aromatic heterocycles. The topological polar surface area (TPSA) is 53.1 Å². The molecule has 0 radical (unpaired) electrons. The van der Waals surface area contributed by atoms with E-state index >= 15 is 0 Å². The van der Waals surface area contributed by atoms with Gasteiger partial charge in [0, 0.05) is 31.4 Å².